The fourth-order valence-electron chi connectivity index (χ4n) is 4.02. The Morgan fingerprint density at radius 1 is 0.852 bits per heavy atom. The zero-order chi connectivity index (χ0) is 18.9. The van der Waals surface area contributed by atoms with Gasteiger partial charge in [0.2, 0.25) is 5.91 Å². The van der Waals surface area contributed by atoms with Crippen molar-refractivity contribution in [3.8, 4) is 0 Å². The predicted molar refractivity (Wildman–Crippen MR) is 112 cm³/mol. The van der Waals surface area contributed by atoms with Gasteiger partial charge in [0.15, 0.2) is 0 Å². The Kier molecular flexibility index (Phi) is 7.46. The normalized spacial score (nSPS) is 15.9. The summed E-state index contributed by atoms with van der Waals surface area (Å²) in [6, 6.07) is 21.6. The van der Waals surface area contributed by atoms with Gasteiger partial charge >= 0.3 is 0 Å². The van der Waals surface area contributed by atoms with Crippen LogP contribution in [0.4, 0.5) is 0 Å². The van der Waals surface area contributed by atoms with E-state index in [-0.39, 0.29) is 0 Å². The Labute approximate surface area is 164 Å². The molecule has 0 aliphatic carbocycles. The van der Waals surface area contributed by atoms with Crippen LogP contribution < -0.4 is 0 Å². The van der Waals surface area contributed by atoms with E-state index in [1.807, 2.05) is 0 Å². The van der Waals surface area contributed by atoms with Crippen LogP contribution in [0.5, 0.6) is 0 Å². The number of aryl methyl sites for hydroxylation is 2. The molecule has 1 amide bonds. The molecule has 27 heavy (non-hydrogen) atoms. The van der Waals surface area contributed by atoms with Gasteiger partial charge < -0.3 is 4.90 Å². The van der Waals surface area contributed by atoms with Crippen molar-refractivity contribution in [2.24, 2.45) is 0 Å². The second-order valence-corrected chi connectivity index (χ2v) is 7.51. The van der Waals surface area contributed by atoms with Crippen molar-refractivity contribution in [1.82, 2.24) is 9.80 Å². The number of hydrogen-bond acceptors (Lipinski definition) is 2. The number of carbonyl (C=O) groups is 1. The van der Waals surface area contributed by atoms with Crippen LogP contribution in [-0.2, 0) is 17.6 Å². The maximum absolute atomic E-state index is 12.9. The molecule has 3 rings (SSSR count). The molecule has 0 atom stereocenters. The molecule has 0 N–H and O–H groups in total. The maximum Gasteiger partial charge on any atom is 0.236 e. The fraction of sp³-hybridized carbons (Fsp3) is 0.458. The van der Waals surface area contributed by atoms with Crippen LogP contribution in [0, 0.1) is 0 Å². The average Bonchev–Trinajstić information content (AvgIpc) is 2.91. The second kappa shape index (κ2) is 10.3. The monoisotopic (exact) mass is 364 g/mol. The number of carbonyl (C=O) groups excluding carboxylic acids is 1. The largest absolute Gasteiger partial charge is 0.339 e. The molecular formula is C24H32N2O. The first-order chi connectivity index (χ1) is 13.3. The summed E-state index contributed by atoms with van der Waals surface area (Å²) in [5, 5.41) is 0. The van der Waals surface area contributed by atoms with Crippen molar-refractivity contribution < 1.29 is 4.79 Å². The minimum Gasteiger partial charge on any atom is -0.339 e. The molecular weight excluding hydrogens is 332 g/mol. The van der Waals surface area contributed by atoms with Crippen molar-refractivity contribution in [2.75, 3.05) is 26.2 Å². The summed E-state index contributed by atoms with van der Waals surface area (Å²) in [5.41, 5.74) is 2.72. The summed E-state index contributed by atoms with van der Waals surface area (Å²) in [6.45, 7) is 5.60. The summed E-state index contributed by atoms with van der Waals surface area (Å²) in [4.78, 5) is 17.4. The van der Waals surface area contributed by atoms with Gasteiger partial charge in [-0.1, -0.05) is 67.6 Å². The third kappa shape index (κ3) is 5.93. The summed E-state index contributed by atoms with van der Waals surface area (Å²) >= 11 is 0. The third-order valence-corrected chi connectivity index (χ3v) is 5.66. The van der Waals surface area contributed by atoms with E-state index in [2.05, 4.69) is 77.4 Å². The average molecular weight is 365 g/mol. The highest BCUT2D eigenvalue weighted by Gasteiger charge is 2.27. The van der Waals surface area contributed by atoms with Gasteiger partial charge in [0, 0.05) is 19.1 Å². The first-order valence-electron chi connectivity index (χ1n) is 10.4. The molecule has 0 saturated carbocycles. The maximum atomic E-state index is 12.9. The van der Waals surface area contributed by atoms with E-state index in [0.29, 0.717) is 18.5 Å². The molecule has 1 fully saturated rings. The first kappa shape index (κ1) is 19.6. The summed E-state index contributed by atoms with van der Waals surface area (Å²) in [6.07, 6.45) is 5.21. The number of amides is 1. The Bertz CT molecular complexity index is 643. The lowest BCUT2D eigenvalue weighted by Gasteiger charge is -2.31. The van der Waals surface area contributed by atoms with Crippen molar-refractivity contribution in [3.05, 3.63) is 71.8 Å². The van der Waals surface area contributed by atoms with Crippen LogP contribution in [0.1, 0.15) is 37.3 Å². The van der Waals surface area contributed by atoms with Crippen LogP contribution >= 0.6 is 0 Å². The number of benzene rings is 2. The quantitative estimate of drug-likeness (QED) is 0.702. The van der Waals surface area contributed by atoms with Crippen molar-refractivity contribution in [1.29, 1.82) is 0 Å². The Hall–Kier alpha value is -2.13. The van der Waals surface area contributed by atoms with Crippen LogP contribution in [0.15, 0.2) is 60.7 Å². The molecule has 1 aliphatic rings. The highest BCUT2D eigenvalue weighted by atomic mass is 16.2. The highest BCUT2D eigenvalue weighted by Crippen LogP contribution is 2.19. The van der Waals surface area contributed by atoms with E-state index in [0.717, 1.165) is 51.7 Å². The molecule has 0 bridgehead atoms. The van der Waals surface area contributed by atoms with E-state index < -0.39 is 0 Å². The fourth-order valence-corrected chi connectivity index (χ4v) is 4.02. The molecule has 1 heterocycles. The predicted octanol–water partition coefficient (Wildman–Crippen LogP) is 4.17. The Morgan fingerprint density at radius 2 is 1.41 bits per heavy atom. The van der Waals surface area contributed by atoms with Gasteiger partial charge in [-0.2, -0.15) is 0 Å². The van der Waals surface area contributed by atoms with Gasteiger partial charge in [0.25, 0.3) is 0 Å². The zero-order valence-electron chi connectivity index (χ0n) is 16.5. The number of likely N-dealkylation sites (N-methyl/N-ethyl adjacent to an activating group) is 1. The van der Waals surface area contributed by atoms with Crippen molar-refractivity contribution in [3.63, 3.8) is 0 Å². The molecule has 0 unspecified atom stereocenters. The van der Waals surface area contributed by atoms with Crippen molar-refractivity contribution >= 4 is 5.91 Å². The van der Waals surface area contributed by atoms with Crippen LogP contribution in [-0.4, -0.2) is 47.9 Å². The van der Waals surface area contributed by atoms with Gasteiger partial charge in [-0.05, 0) is 49.8 Å². The molecule has 0 aromatic heterocycles. The zero-order valence-corrected chi connectivity index (χ0v) is 16.5. The summed E-state index contributed by atoms with van der Waals surface area (Å²) in [7, 11) is 0. The number of hydrogen-bond donors (Lipinski definition) is 0. The second-order valence-electron chi connectivity index (χ2n) is 7.51. The molecule has 1 aliphatic heterocycles. The molecule has 144 valence electrons. The van der Waals surface area contributed by atoms with Gasteiger partial charge in [-0.15, -0.1) is 0 Å². The van der Waals surface area contributed by atoms with E-state index in [9.17, 15) is 4.79 Å². The highest BCUT2D eigenvalue weighted by molar-refractivity contribution is 5.78. The van der Waals surface area contributed by atoms with Crippen molar-refractivity contribution in [2.45, 2.75) is 45.1 Å². The van der Waals surface area contributed by atoms with Crippen LogP contribution in [0.2, 0.25) is 0 Å². The number of nitrogens with zero attached hydrogens (tertiary/aromatic N) is 2. The lowest BCUT2D eigenvalue weighted by molar-refractivity contribution is -0.133. The van der Waals surface area contributed by atoms with Crippen LogP contribution in [0.25, 0.3) is 0 Å². The van der Waals surface area contributed by atoms with Crippen LogP contribution in [0.3, 0.4) is 0 Å². The van der Waals surface area contributed by atoms with E-state index in [1.165, 1.54) is 11.1 Å². The number of rotatable bonds is 8. The first-order valence-corrected chi connectivity index (χ1v) is 10.4. The van der Waals surface area contributed by atoms with E-state index in [4.69, 9.17) is 0 Å². The minimum absolute atomic E-state index is 0.306. The molecule has 0 spiro atoms. The molecule has 2 aromatic rings. The van der Waals surface area contributed by atoms with Gasteiger partial charge in [0.05, 0.1) is 6.54 Å². The van der Waals surface area contributed by atoms with Gasteiger partial charge in [0.1, 0.15) is 0 Å². The summed E-state index contributed by atoms with van der Waals surface area (Å²) < 4.78 is 0. The van der Waals surface area contributed by atoms with Gasteiger partial charge in [-0.25, -0.2) is 0 Å². The molecule has 3 heteroatoms. The summed E-state index contributed by atoms with van der Waals surface area (Å²) in [5.74, 6) is 0.306. The van der Waals surface area contributed by atoms with E-state index in [1.54, 1.807) is 0 Å². The van der Waals surface area contributed by atoms with Gasteiger partial charge in [-0.3, -0.25) is 9.69 Å². The smallest absolute Gasteiger partial charge is 0.236 e. The third-order valence-electron chi connectivity index (χ3n) is 5.66. The molecule has 2 aromatic carbocycles. The Morgan fingerprint density at radius 3 is 1.93 bits per heavy atom. The van der Waals surface area contributed by atoms with E-state index >= 15 is 0 Å². The lowest BCUT2D eigenvalue weighted by Crippen LogP contribution is -2.43. The Balaban J connectivity index is 1.68. The molecule has 3 nitrogen and oxygen atoms in total. The SMILES string of the molecule is CCN1CCCN(C(CCc2ccccc2)CCc2ccccc2)C(=O)C1. The minimum atomic E-state index is 0.306. The standard InChI is InChI=1S/C24H32N2O/c1-2-25-18-9-19-26(24(27)20-25)23(16-14-21-10-5-3-6-11-21)17-15-22-12-7-4-8-13-22/h3-8,10-13,23H,2,9,14-20H2,1H3. The molecule has 1 saturated heterocycles. The molecule has 0 radical (unpaired) electrons. The topological polar surface area (TPSA) is 23.6 Å². The lowest BCUT2D eigenvalue weighted by atomic mass is 9.97.